The van der Waals surface area contributed by atoms with Gasteiger partial charge in [-0.1, -0.05) is 24.3 Å². The Morgan fingerprint density at radius 3 is 2.45 bits per heavy atom. The lowest BCUT2D eigenvalue weighted by Gasteiger charge is -2.13. The molecule has 0 spiro atoms. The van der Waals surface area contributed by atoms with Crippen LogP contribution >= 0.6 is 11.8 Å². The number of carboxylic acids is 1. The maximum Gasteiger partial charge on any atom is 0.335 e. The van der Waals surface area contributed by atoms with Crippen LogP contribution in [0.25, 0.3) is 11.1 Å². The Balaban J connectivity index is 2.05. The standard InChI is InChI=1S/C21H13FN4O2S/c22-15-6-4-13(5-7-15)18-16(9-23)19(25)26-20(17(18)10-24)29-11-12-2-1-3-14(8-12)21(27)28/h1-8H,11H2,(H2,25,26)(H,27,28). The van der Waals surface area contributed by atoms with Crippen molar-refractivity contribution in [2.45, 2.75) is 10.8 Å². The van der Waals surface area contributed by atoms with Crippen molar-refractivity contribution in [1.82, 2.24) is 4.98 Å². The highest BCUT2D eigenvalue weighted by atomic mass is 32.2. The molecule has 0 bridgehead atoms. The summed E-state index contributed by atoms with van der Waals surface area (Å²) < 4.78 is 13.3. The van der Waals surface area contributed by atoms with Gasteiger partial charge in [0.15, 0.2) is 0 Å². The molecule has 0 unspecified atom stereocenters. The molecule has 1 aromatic heterocycles. The van der Waals surface area contributed by atoms with E-state index in [0.29, 0.717) is 21.9 Å². The number of carboxylic acid groups (broad SMARTS) is 1. The minimum atomic E-state index is -1.03. The second-order valence-corrected chi connectivity index (χ2v) is 6.92. The van der Waals surface area contributed by atoms with E-state index in [0.717, 1.165) is 5.56 Å². The molecule has 0 saturated carbocycles. The number of nitrogen functional groups attached to an aromatic ring is 1. The van der Waals surface area contributed by atoms with Gasteiger partial charge in [0, 0.05) is 11.3 Å². The second kappa shape index (κ2) is 8.42. The number of hydrogen-bond acceptors (Lipinski definition) is 6. The Hall–Kier alpha value is -3.88. The van der Waals surface area contributed by atoms with Crippen LogP contribution < -0.4 is 5.73 Å². The first-order valence-electron chi connectivity index (χ1n) is 8.29. The summed E-state index contributed by atoms with van der Waals surface area (Å²) in [5.74, 6) is -1.17. The molecule has 0 atom stereocenters. The molecule has 2 aromatic carbocycles. The minimum absolute atomic E-state index is 0.0346. The molecule has 0 saturated heterocycles. The average molecular weight is 404 g/mol. The topological polar surface area (TPSA) is 124 Å². The number of aromatic nitrogens is 1. The summed E-state index contributed by atoms with van der Waals surface area (Å²) in [7, 11) is 0. The molecule has 0 fully saturated rings. The lowest BCUT2D eigenvalue weighted by atomic mass is 9.97. The monoisotopic (exact) mass is 404 g/mol. The van der Waals surface area contributed by atoms with Crippen molar-refractivity contribution in [3.63, 3.8) is 0 Å². The van der Waals surface area contributed by atoms with Crippen molar-refractivity contribution in [2.24, 2.45) is 0 Å². The predicted octanol–water partition coefficient (Wildman–Crippen LogP) is 4.20. The molecule has 3 rings (SSSR count). The fraction of sp³-hybridized carbons (Fsp3) is 0.0476. The van der Waals surface area contributed by atoms with E-state index in [-0.39, 0.29) is 22.5 Å². The number of rotatable bonds is 5. The number of aromatic carboxylic acids is 1. The Kier molecular flexibility index (Phi) is 5.77. The quantitative estimate of drug-likeness (QED) is 0.611. The van der Waals surface area contributed by atoms with E-state index < -0.39 is 11.8 Å². The van der Waals surface area contributed by atoms with E-state index in [1.165, 1.54) is 48.2 Å². The van der Waals surface area contributed by atoms with Crippen LogP contribution in [0.15, 0.2) is 53.6 Å². The van der Waals surface area contributed by atoms with Crippen LogP contribution in [0.3, 0.4) is 0 Å². The summed E-state index contributed by atoms with van der Waals surface area (Å²) in [4.78, 5) is 15.3. The van der Waals surface area contributed by atoms with Crippen molar-refractivity contribution in [3.8, 4) is 23.3 Å². The van der Waals surface area contributed by atoms with Crippen LogP contribution in [0.2, 0.25) is 0 Å². The third-order valence-corrected chi connectivity index (χ3v) is 5.14. The normalized spacial score (nSPS) is 10.2. The van der Waals surface area contributed by atoms with Gasteiger partial charge >= 0.3 is 5.97 Å². The highest BCUT2D eigenvalue weighted by molar-refractivity contribution is 7.98. The maximum atomic E-state index is 13.3. The third kappa shape index (κ3) is 4.18. The van der Waals surface area contributed by atoms with Crippen LogP contribution in [-0.4, -0.2) is 16.1 Å². The summed E-state index contributed by atoms with van der Waals surface area (Å²) in [6.07, 6.45) is 0. The molecular weight excluding hydrogens is 391 g/mol. The molecule has 6 nitrogen and oxygen atoms in total. The first-order chi connectivity index (χ1) is 13.9. The molecule has 8 heteroatoms. The molecule has 3 N–H and O–H groups in total. The fourth-order valence-corrected chi connectivity index (χ4v) is 3.69. The van der Waals surface area contributed by atoms with Gasteiger partial charge in [0.05, 0.1) is 11.1 Å². The molecule has 0 aliphatic carbocycles. The first kappa shape index (κ1) is 19.9. The number of thioether (sulfide) groups is 1. The Labute approximate surface area is 170 Å². The van der Waals surface area contributed by atoms with Crippen LogP contribution in [0.5, 0.6) is 0 Å². The van der Waals surface area contributed by atoms with Crippen LogP contribution in [0.1, 0.15) is 27.0 Å². The van der Waals surface area contributed by atoms with Gasteiger partial charge in [0.2, 0.25) is 0 Å². The Bertz CT molecular complexity index is 1180. The smallest absolute Gasteiger partial charge is 0.335 e. The van der Waals surface area contributed by atoms with Gasteiger partial charge in [-0.2, -0.15) is 10.5 Å². The SMILES string of the molecule is N#Cc1c(N)nc(SCc2cccc(C(=O)O)c2)c(C#N)c1-c1ccc(F)cc1. The van der Waals surface area contributed by atoms with E-state index in [9.17, 15) is 19.7 Å². The third-order valence-electron chi connectivity index (χ3n) is 4.10. The Morgan fingerprint density at radius 1 is 1.14 bits per heavy atom. The molecule has 3 aromatic rings. The zero-order valence-electron chi connectivity index (χ0n) is 14.9. The zero-order chi connectivity index (χ0) is 21.0. The predicted molar refractivity (Wildman–Crippen MR) is 106 cm³/mol. The highest BCUT2D eigenvalue weighted by Crippen LogP contribution is 2.36. The molecule has 142 valence electrons. The summed E-state index contributed by atoms with van der Waals surface area (Å²) >= 11 is 1.20. The van der Waals surface area contributed by atoms with Crippen LogP contribution in [-0.2, 0) is 5.75 Å². The molecule has 0 radical (unpaired) electrons. The number of hydrogen-bond donors (Lipinski definition) is 2. The van der Waals surface area contributed by atoms with Crippen LogP contribution in [0.4, 0.5) is 10.2 Å². The number of anilines is 1. The van der Waals surface area contributed by atoms with E-state index >= 15 is 0 Å². The molecule has 1 heterocycles. The van der Waals surface area contributed by atoms with Crippen molar-refractivity contribution < 1.29 is 14.3 Å². The molecule has 0 amide bonds. The number of pyridine rings is 1. The van der Waals surface area contributed by atoms with E-state index in [4.69, 9.17) is 10.8 Å². The molecular formula is C21H13FN4O2S. The van der Waals surface area contributed by atoms with Gasteiger partial charge in [-0.05, 0) is 35.4 Å². The van der Waals surface area contributed by atoms with Gasteiger partial charge < -0.3 is 10.8 Å². The molecule has 29 heavy (non-hydrogen) atoms. The van der Waals surface area contributed by atoms with Crippen molar-refractivity contribution in [3.05, 3.63) is 76.6 Å². The maximum absolute atomic E-state index is 13.3. The van der Waals surface area contributed by atoms with Gasteiger partial charge in [-0.15, -0.1) is 11.8 Å². The van der Waals surface area contributed by atoms with E-state index in [1.54, 1.807) is 12.1 Å². The summed E-state index contributed by atoms with van der Waals surface area (Å²) in [5.41, 5.74) is 7.80. The number of benzene rings is 2. The van der Waals surface area contributed by atoms with Gasteiger partial charge in [0.25, 0.3) is 0 Å². The van der Waals surface area contributed by atoms with Crippen molar-refractivity contribution >= 4 is 23.5 Å². The van der Waals surface area contributed by atoms with E-state index in [1.807, 2.05) is 6.07 Å². The lowest BCUT2D eigenvalue weighted by molar-refractivity contribution is 0.0696. The molecule has 0 aliphatic rings. The second-order valence-electron chi connectivity index (χ2n) is 5.95. The van der Waals surface area contributed by atoms with Gasteiger partial charge in [0.1, 0.15) is 34.4 Å². The van der Waals surface area contributed by atoms with Gasteiger partial charge in [-0.25, -0.2) is 14.2 Å². The fourth-order valence-electron chi connectivity index (χ4n) is 2.75. The number of carbonyl (C=O) groups is 1. The average Bonchev–Trinajstić information content (AvgIpc) is 2.72. The minimum Gasteiger partial charge on any atom is -0.478 e. The van der Waals surface area contributed by atoms with Crippen LogP contribution in [0, 0.1) is 28.5 Å². The number of nitrogens with zero attached hydrogens (tertiary/aromatic N) is 3. The van der Waals surface area contributed by atoms with E-state index in [2.05, 4.69) is 11.1 Å². The largest absolute Gasteiger partial charge is 0.478 e. The first-order valence-corrected chi connectivity index (χ1v) is 9.27. The highest BCUT2D eigenvalue weighted by Gasteiger charge is 2.20. The number of nitriles is 2. The number of halogens is 1. The van der Waals surface area contributed by atoms with Crippen molar-refractivity contribution in [2.75, 3.05) is 5.73 Å². The summed E-state index contributed by atoms with van der Waals surface area (Å²) in [6.45, 7) is 0. The van der Waals surface area contributed by atoms with Gasteiger partial charge in [-0.3, -0.25) is 0 Å². The summed E-state index contributed by atoms with van der Waals surface area (Å²) in [5, 5.41) is 28.7. The zero-order valence-corrected chi connectivity index (χ0v) is 15.7. The lowest BCUT2D eigenvalue weighted by Crippen LogP contribution is -2.03. The van der Waals surface area contributed by atoms with Crippen molar-refractivity contribution in [1.29, 1.82) is 10.5 Å². The Morgan fingerprint density at radius 2 is 1.83 bits per heavy atom. The number of nitrogens with two attached hydrogens (primary N) is 1. The summed E-state index contributed by atoms with van der Waals surface area (Å²) in [6, 6.07) is 15.9. The molecule has 0 aliphatic heterocycles.